The Labute approximate surface area is 149 Å². The van der Waals surface area contributed by atoms with Crippen molar-refractivity contribution in [3.63, 3.8) is 0 Å². The summed E-state index contributed by atoms with van der Waals surface area (Å²) in [4.78, 5) is 12.4. The van der Waals surface area contributed by atoms with Gasteiger partial charge in [-0.2, -0.15) is 0 Å². The van der Waals surface area contributed by atoms with E-state index in [0.29, 0.717) is 17.8 Å². The van der Waals surface area contributed by atoms with Crippen LogP contribution in [0.25, 0.3) is 0 Å². The molecule has 25 heavy (non-hydrogen) atoms. The second-order valence-corrected chi connectivity index (χ2v) is 7.91. The molecule has 0 radical (unpaired) electrons. The topological polar surface area (TPSA) is 66.5 Å². The van der Waals surface area contributed by atoms with Gasteiger partial charge >= 0.3 is 0 Å². The van der Waals surface area contributed by atoms with Gasteiger partial charge in [-0.1, -0.05) is 37.1 Å². The van der Waals surface area contributed by atoms with Crippen LogP contribution in [0.2, 0.25) is 0 Å². The largest absolute Gasteiger partial charge is 0.352 e. The lowest BCUT2D eigenvalue weighted by Crippen LogP contribution is -2.28. The molecule has 0 spiro atoms. The Balaban J connectivity index is 2.24. The SMILES string of the molecule is CCCCNC(=O)c1cccc(N(C)S(=O)(=O)c2ccc(C)cc2)c1. The van der Waals surface area contributed by atoms with Gasteiger partial charge in [0.25, 0.3) is 15.9 Å². The van der Waals surface area contributed by atoms with Crippen LogP contribution in [0, 0.1) is 6.92 Å². The van der Waals surface area contributed by atoms with Crippen LogP contribution in [-0.4, -0.2) is 27.9 Å². The predicted octanol–water partition coefficient (Wildman–Crippen LogP) is 3.35. The molecule has 2 aromatic rings. The number of aryl methyl sites for hydroxylation is 1. The molecule has 0 saturated heterocycles. The fourth-order valence-electron chi connectivity index (χ4n) is 2.33. The molecule has 6 heteroatoms. The van der Waals surface area contributed by atoms with Crippen LogP contribution in [0.5, 0.6) is 0 Å². The maximum atomic E-state index is 12.8. The van der Waals surface area contributed by atoms with Crippen molar-refractivity contribution in [3.8, 4) is 0 Å². The average molecular weight is 360 g/mol. The summed E-state index contributed by atoms with van der Waals surface area (Å²) in [6.45, 7) is 4.56. The molecule has 0 fully saturated rings. The number of amides is 1. The molecule has 0 unspecified atom stereocenters. The second-order valence-electron chi connectivity index (χ2n) is 5.95. The van der Waals surface area contributed by atoms with Gasteiger partial charge in [-0.15, -0.1) is 0 Å². The number of nitrogens with zero attached hydrogens (tertiary/aromatic N) is 1. The summed E-state index contributed by atoms with van der Waals surface area (Å²) in [6, 6.07) is 13.3. The highest BCUT2D eigenvalue weighted by Gasteiger charge is 2.21. The maximum absolute atomic E-state index is 12.8. The Morgan fingerprint density at radius 1 is 1.12 bits per heavy atom. The first-order valence-electron chi connectivity index (χ1n) is 8.30. The summed E-state index contributed by atoms with van der Waals surface area (Å²) in [6.07, 6.45) is 1.91. The van der Waals surface area contributed by atoms with E-state index in [1.165, 1.54) is 11.4 Å². The van der Waals surface area contributed by atoms with Crippen molar-refractivity contribution in [1.82, 2.24) is 5.32 Å². The van der Waals surface area contributed by atoms with Gasteiger partial charge in [0.15, 0.2) is 0 Å². The fourth-order valence-corrected chi connectivity index (χ4v) is 3.52. The number of nitrogens with one attached hydrogen (secondary N) is 1. The number of carbonyl (C=O) groups is 1. The standard InChI is InChI=1S/C19H24N2O3S/c1-4-5-13-20-19(22)16-7-6-8-17(14-16)21(3)25(23,24)18-11-9-15(2)10-12-18/h6-12,14H,4-5,13H2,1-3H3,(H,20,22). The summed E-state index contributed by atoms with van der Waals surface area (Å²) in [5.74, 6) is -0.198. The Morgan fingerprint density at radius 3 is 2.44 bits per heavy atom. The van der Waals surface area contributed by atoms with E-state index in [9.17, 15) is 13.2 Å². The van der Waals surface area contributed by atoms with Crippen molar-refractivity contribution < 1.29 is 13.2 Å². The number of hydrogen-bond acceptors (Lipinski definition) is 3. The number of sulfonamides is 1. The number of hydrogen-bond donors (Lipinski definition) is 1. The summed E-state index contributed by atoms with van der Waals surface area (Å²) < 4.78 is 26.7. The number of benzene rings is 2. The molecule has 0 atom stereocenters. The van der Waals surface area contributed by atoms with Crippen LogP contribution < -0.4 is 9.62 Å². The van der Waals surface area contributed by atoms with Gasteiger partial charge in [0.05, 0.1) is 10.6 Å². The van der Waals surface area contributed by atoms with E-state index in [0.717, 1.165) is 18.4 Å². The molecule has 1 amide bonds. The molecule has 5 nitrogen and oxygen atoms in total. The van der Waals surface area contributed by atoms with Crippen molar-refractivity contribution >= 4 is 21.6 Å². The van der Waals surface area contributed by atoms with Gasteiger partial charge < -0.3 is 5.32 Å². The number of unbranched alkanes of at least 4 members (excludes halogenated alkanes) is 1. The van der Waals surface area contributed by atoms with Crippen molar-refractivity contribution in [2.24, 2.45) is 0 Å². The molecule has 0 aromatic heterocycles. The first-order chi connectivity index (χ1) is 11.9. The minimum atomic E-state index is -3.67. The van der Waals surface area contributed by atoms with E-state index in [4.69, 9.17) is 0 Å². The third kappa shape index (κ3) is 4.60. The van der Waals surface area contributed by atoms with Gasteiger partial charge in [-0.3, -0.25) is 9.10 Å². The minimum absolute atomic E-state index is 0.198. The van der Waals surface area contributed by atoms with Crippen LogP contribution in [0.1, 0.15) is 35.7 Å². The molecule has 0 bridgehead atoms. The number of rotatable bonds is 7. The molecular weight excluding hydrogens is 336 g/mol. The number of carbonyl (C=O) groups excluding carboxylic acids is 1. The molecule has 0 saturated carbocycles. The third-order valence-corrected chi connectivity index (χ3v) is 5.77. The fraction of sp³-hybridized carbons (Fsp3) is 0.316. The quantitative estimate of drug-likeness (QED) is 0.770. The summed E-state index contributed by atoms with van der Waals surface area (Å²) in [7, 11) is -2.18. The Bertz CT molecular complexity index is 830. The lowest BCUT2D eigenvalue weighted by atomic mass is 10.2. The Morgan fingerprint density at radius 2 is 1.80 bits per heavy atom. The zero-order valence-electron chi connectivity index (χ0n) is 14.8. The Hall–Kier alpha value is -2.34. The number of anilines is 1. The van der Waals surface area contributed by atoms with Crippen molar-refractivity contribution in [2.75, 3.05) is 17.9 Å². The Kier molecular flexibility index (Phi) is 6.20. The van der Waals surface area contributed by atoms with Gasteiger partial charge in [0.2, 0.25) is 0 Å². The molecule has 1 N–H and O–H groups in total. The van der Waals surface area contributed by atoms with E-state index >= 15 is 0 Å². The molecule has 0 aliphatic rings. The van der Waals surface area contributed by atoms with Crippen LogP contribution in [-0.2, 0) is 10.0 Å². The molecular formula is C19H24N2O3S. The highest BCUT2D eigenvalue weighted by molar-refractivity contribution is 7.92. The summed E-state index contributed by atoms with van der Waals surface area (Å²) >= 11 is 0. The molecule has 0 heterocycles. The highest BCUT2D eigenvalue weighted by atomic mass is 32.2. The summed E-state index contributed by atoms with van der Waals surface area (Å²) in [5, 5.41) is 2.84. The average Bonchev–Trinajstić information content (AvgIpc) is 2.61. The first kappa shape index (κ1) is 19.0. The van der Waals surface area contributed by atoms with E-state index in [2.05, 4.69) is 12.2 Å². The van der Waals surface area contributed by atoms with E-state index in [-0.39, 0.29) is 10.8 Å². The van der Waals surface area contributed by atoms with Crippen LogP contribution >= 0.6 is 0 Å². The smallest absolute Gasteiger partial charge is 0.264 e. The molecule has 2 rings (SSSR count). The van der Waals surface area contributed by atoms with Crippen molar-refractivity contribution in [1.29, 1.82) is 0 Å². The minimum Gasteiger partial charge on any atom is -0.352 e. The van der Waals surface area contributed by atoms with Crippen LogP contribution in [0.3, 0.4) is 0 Å². The van der Waals surface area contributed by atoms with Crippen LogP contribution in [0.15, 0.2) is 53.4 Å². The third-order valence-electron chi connectivity index (χ3n) is 3.97. The van der Waals surface area contributed by atoms with Crippen LogP contribution in [0.4, 0.5) is 5.69 Å². The van der Waals surface area contributed by atoms with E-state index in [1.807, 2.05) is 6.92 Å². The molecule has 0 aliphatic carbocycles. The van der Waals surface area contributed by atoms with E-state index in [1.54, 1.807) is 48.5 Å². The zero-order chi connectivity index (χ0) is 18.4. The lowest BCUT2D eigenvalue weighted by Gasteiger charge is -2.20. The van der Waals surface area contributed by atoms with Gasteiger partial charge in [-0.25, -0.2) is 8.42 Å². The van der Waals surface area contributed by atoms with Crippen molar-refractivity contribution in [3.05, 3.63) is 59.7 Å². The molecule has 0 aliphatic heterocycles. The normalized spacial score (nSPS) is 11.2. The van der Waals surface area contributed by atoms with E-state index < -0.39 is 10.0 Å². The lowest BCUT2D eigenvalue weighted by molar-refractivity contribution is 0.0953. The predicted molar refractivity (Wildman–Crippen MR) is 100 cm³/mol. The molecule has 2 aromatic carbocycles. The first-order valence-corrected chi connectivity index (χ1v) is 9.74. The van der Waals surface area contributed by atoms with Gasteiger partial charge in [0, 0.05) is 19.2 Å². The monoisotopic (exact) mass is 360 g/mol. The maximum Gasteiger partial charge on any atom is 0.264 e. The highest BCUT2D eigenvalue weighted by Crippen LogP contribution is 2.23. The zero-order valence-corrected chi connectivity index (χ0v) is 15.6. The van der Waals surface area contributed by atoms with Gasteiger partial charge in [-0.05, 0) is 43.7 Å². The van der Waals surface area contributed by atoms with Gasteiger partial charge in [0.1, 0.15) is 0 Å². The summed E-state index contributed by atoms with van der Waals surface area (Å²) in [5.41, 5.74) is 1.88. The van der Waals surface area contributed by atoms with Crippen molar-refractivity contribution in [2.45, 2.75) is 31.6 Å². The molecule has 134 valence electrons. The second kappa shape index (κ2) is 8.16.